The van der Waals surface area contributed by atoms with Crippen molar-refractivity contribution >= 4 is 6.03 Å². The third-order valence-electron chi connectivity index (χ3n) is 4.89. The molecule has 1 fully saturated rings. The minimum absolute atomic E-state index is 0.104. The molecule has 1 aromatic carbocycles. The smallest absolute Gasteiger partial charge is 0.315 e. The summed E-state index contributed by atoms with van der Waals surface area (Å²) in [6.07, 6.45) is 3.12. The first-order valence-corrected chi connectivity index (χ1v) is 7.73. The maximum atomic E-state index is 12.2. The maximum absolute atomic E-state index is 12.2. The molecule has 0 aromatic heterocycles. The largest absolute Gasteiger partial charge is 0.353 e. The number of carbonyl (C=O) groups excluding carboxylic acids is 1. The van der Waals surface area contributed by atoms with Crippen molar-refractivity contribution < 1.29 is 14.3 Å². The Bertz CT molecular complexity index is 536. The summed E-state index contributed by atoms with van der Waals surface area (Å²) in [6.45, 7) is 2.10. The molecule has 5 nitrogen and oxygen atoms in total. The molecule has 2 N–H and O–H groups in total. The number of methoxy groups -OCH3 is 2. The first-order chi connectivity index (χ1) is 10.5. The Morgan fingerprint density at radius 1 is 1.14 bits per heavy atom. The van der Waals surface area contributed by atoms with E-state index in [1.807, 2.05) is 12.1 Å². The van der Waals surface area contributed by atoms with Crippen LogP contribution in [0.25, 0.3) is 0 Å². The maximum Gasteiger partial charge on any atom is 0.315 e. The highest BCUT2D eigenvalue weighted by atomic mass is 16.7. The molecule has 22 heavy (non-hydrogen) atoms. The van der Waals surface area contributed by atoms with E-state index in [2.05, 4.69) is 29.7 Å². The van der Waals surface area contributed by atoms with Gasteiger partial charge in [0.25, 0.3) is 0 Å². The van der Waals surface area contributed by atoms with Crippen LogP contribution >= 0.6 is 0 Å². The van der Waals surface area contributed by atoms with Crippen molar-refractivity contribution in [3.63, 3.8) is 0 Å². The number of benzene rings is 1. The zero-order valence-electron chi connectivity index (χ0n) is 13.4. The topological polar surface area (TPSA) is 59.6 Å². The summed E-state index contributed by atoms with van der Waals surface area (Å²) >= 11 is 0. The summed E-state index contributed by atoms with van der Waals surface area (Å²) in [7, 11) is 3.27. The number of ether oxygens (including phenoxy) is 2. The first-order valence-electron chi connectivity index (χ1n) is 7.73. The van der Waals surface area contributed by atoms with E-state index in [0.717, 1.165) is 12.8 Å². The fraction of sp³-hybridized carbons (Fsp3) is 0.588. The van der Waals surface area contributed by atoms with Crippen LogP contribution < -0.4 is 10.6 Å². The Morgan fingerprint density at radius 2 is 1.68 bits per heavy atom. The highest BCUT2D eigenvalue weighted by Crippen LogP contribution is 2.36. The van der Waals surface area contributed by atoms with Gasteiger partial charge in [-0.3, -0.25) is 0 Å². The number of hydrogen-bond donors (Lipinski definition) is 2. The van der Waals surface area contributed by atoms with E-state index in [0.29, 0.717) is 12.8 Å². The van der Waals surface area contributed by atoms with Gasteiger partial charge in [-0.25, -0.2) is 4.79 Å². The van der Waals surface area contributed by atoms with Crippen LogP contribution in [0.3, 0.4) is 0 Å². The lowest BCUT2D eigenvalue weighted by Crippen LogP contribution is -2.60. The normalized spacial score (nSPS) is 21.8. The van der Waals surface area contributed by atoms with E-state index >= 15 is 0 Å². The van der Waals surface area contributed by atoms with Crippen LogP contribution in [0, 0.1) is 0 Å². The van der Waals surface area contributed by atoms with Crippen molar-refractivity contribution in [2.75, 3.05) is 14.2 Å². The van der Waals surface area contributed by atoms with Crippen LogP contribution in [-0.2, 0) is 22.3 Å². The fourth-order valence-corrected chi connectivity index (χ4v) is 3.60. The number of urea groups is 1. The third kappa shape index (κ3) is 2.83. The molecule has 0 heterocycles. The van der Waals surface area contributed by atoms with Crippen LogP contribution in [0.15, 0.2) is 24.3 Å². The molecule has 5 heteroatoms. The molecule has 2 amide bonds. The van der Waals surface area contributed by atoms with Crippen molar-refractivity contribution in [2.24, 2.45) is 0 Å². The average Bonchev–Trinajstić information content (AvgIpc) is 2.77. The van der Waals surface area contributed by atoms with Gasteiger partial charge in [0, 0.05) is 38.6 Å². The summed E-state index contributed by atoms with van der Waals surface area (Å²) in [5, 5.41) is 6.14. The first kappa shape index (κ1) is 15.3. The lowest BCUT2D eigenvalue weighted by Gasteiger charge is -2.45. The minimum atomic E-state index is -0.522. The van der Waals surface area contributed by atoms with Gasteiger partial charge in [-0.1, -0.05) is 24.3 Å². The lowest BCUT2D eigenvalue weighted by atomic mass is 9.85. The average molecular weight is 304 g/mol. The summed E-state index contributed by atoms with van der Waals surface area (Å²) in [6, 6.07) is 8.37. The Morgan fingerprint density at radius 3 is 2.18 bits per heavy atom. The zero-order valence-corrected chi connectivity index (χ0v) is 13.4. The Balaban J connectivity index is 1.51. The quantitative estimate of drug-likeness (QED) is 0.836. The molecule has 1 aromatic rings. The van der Waals surface area contributed by atoms with Crippen molar-refractivity contribution in [2.45, 2.75) is 50.0 Å². The van der Waals surface area contributed by atoms with E-state index in [1.54, 1.807) is 14.2 Å². The Hall–Kier alpha value is -1.59. The molecule has 0 unspecified atom stereocenters. The molecule has 2 aliphatic carbocycles. The predicted octanol–water partition coefficient (Wildman–Crippen LogP) is 1.99. The fourth-order valence-electron chi connectivity index (χ4n) is 3.60. The van der Waals surface area contributed by atoms with Crippen molar-refractivity contribution in [3.05, 3.63) is 35.4 Å². The SMILES string of the molecule is COC1(OC)CC(NC(=O)NC2(C)Cc3ccccc3C2)C1. The number of nitrogens with one attached hydrogen (secondary N) is 2. The summed E-state index contributed by atoms with van der Waals surface area (Å²) in [5.74, 6) is -0.522. The second-order valence-corrected chi connectivity index (χ2v) is 6.71. The Kier molecular flexibility index (Phi) is 3.87. The summed E-state index contributed by atoms with van der Waals surface area (Å²) in [5.41, 5.74) is 2.44. The van der Waals surface area contributed by atoms with Gasteiger partial charge in [-0.2, -0.15) is 0 Å². The standard InChI is InChI=1S/C17H24N2O3/c1-16(8-12-6-4-5-7-13(12)9-16)19-15(20)18-14-10-17(11-14,21-2)22-3/h4-7,14H,8-11H2,1-3H3,(H2,18,19,20). The molecule has 0 radical (unpaired) electrons. The minimum Gasteiger partial charge on any atom is -0.353 e. The third-order valence-corrected chi connectivity index (χ3v) is 4.89. The summed E-state index contributed by atoms with van der Waals surface area (Å²) < 4.78 is 10.7. The highest BCUT2D eigenvalue weighted by Gasteiger charge is 2.46. The number of carbonyl (C=O) groups is 1. The van der Waals surface area contributed by atoms with Gasteiger partial charge in [-0.05, 0) is 30.9 Å². The monoisotopic (exact) mass is 304 g/mol. The zero-order chi connectivity index (χ0) is 15.8. The van der Waals surface area contributed by atoms with Crippen LogP contribution in [0.1, 0.15) is 30.9 Å². The van der Waals surface area contributed by atoms with E-state index in [4.69, 9.17) is 9.47 Å². The van der Waals surface area contributed by atoms with Gasteiger partial charge >= 0.3 is 6.03 Å². The van der Waals surface area contributed by atoms with Gasteiger partial charge in [0.1, 0.15) is 0 Å². The molecule has 2 aliphatic rings. The van der Waals surface area contributed by atoms with Crippen LogP contribution in [-0.4, -0.2) is 37.6 Å². The van der Waals surface area contributed by atoms with Crippen molar-refractivity contribution in [1.82, 2.24) is 10.6 Å². The van der Waals surface area contributed by atoms with Gasteiger partial charge in [-0.15, -0.1) is 0 Å². The molecule has 0 saturated heterocycles. The molecular formula is C17H24N2O3. The molecular weight excluding hydrogens is 280 g/mol. The molecule has 3 rings (SSSR count). The summed E-state index contributed by atoms with van der Waals surface area (Å²) in [4.78, 5) is 12.2. The molecule has 120 valence electrons. The number of hydrogen-bond acceptors (Lipinski definition) is 3. The highest BCUT2D eigenvalue weighted by molar-refractivity contribution is 5.75. The van der Waals surface area contributed by atoms with E-state index < -0.39 is 5.79 Å². The molecule has 1 saturated carbocycles. The molecule has 0 spiro atoms. The number of fused-ring (bicyclic) bond motifs is 1. The molecule has 0 aliphatic heterocycles. The van der Waals surface area contributed by atoms with Gasteiger partial charge in [0.15, 0.2) is 5.79 Å². The molecule has 0 bridgehead atoms. The molecule has 0 atom stereocenters. The van der Waals surface area contributed by atoms with Gasteiger partial charge in [0.2, 0.25) is 0 Å². The predicted molar refractivity (Wildman–Crippen MR) is 83.7 cm³/mol. The number of amides is 2. The van der Waals surface area contributed by atoms with Gasteiger partial charge < -0.3 is 20.1 Å². The second-order valence-electron chi connectivity index (χ2n) is 6.71. The van der Waals surface area contributed by atoms with Crippen molar-refractivity contribution in [1.29, 1.82) is 0 Å². The second kappa shape index (κ2) is 5.56. The van der Waals surface area contributed by atoms with Crippen LogP contribution in [0.5, 0.6) is 0 Å². The van der Waals surface area contributed by atoms with Gasteiger partial charge in [0.05, 0.1) is 0 Å². The number of rotatable bonds is 4. The van der Waals surface area contributed by atoms with Crippen molar-refractivity contribution in [3.8, 4) is 0 Å². The van der Waals surface area contributed by atoms with Crippen LogP contribution in [0.2, 0.25) is 0 Å². The van der Waals surface area contributed by atoms with E-state index in [1.165, 1.54) is 11.1 Å². The van der Waals surface area contributed by atoms with E-state index in [-0.39, 0.29) is 17.6 Å². The lowest BCUT2D eigenvalue weighted by molar-refractivity contribution is -0.258. The van der Waals surface area contributed by atoms with E-state index in [9.17, 15) is 4.79 Å². The Labute approximate surface area is 131 Å². The van der Waals surface area contributed by atoms with Crippen LogP contribution in [0.4, 0.5) is 4.79 Å².